The molecule has 0 radical (unpaired) electrons. The minimum atomic E-state index is -0.456. The summed E-state index contributed by atoms with van der Waals surface area (Å²) in [7, 11) is 0. The molecule has 0 aromatic heterocycles. The van der Waals surface area contributed by atoms with Gasteiger partial charge in [-0.05, 0) is 20.8 Å². The van der Waals surface area contributed by atoms with E-state index in [0.29, 0.717) is 46.2 Å². The molecule has 0 aliphatic heterocycles. The first-order valence-corrected chi connectivity index (χ1v) is 9.88. The number of carbonyl (C=O) groups excluding carboxylic acids is 2. The highest BCUT2D eigenvalue weighted by atomic mass is 16.5. The van der Waals surface area contributed by atoms with Crippen molar-refractivity contribution < 1.29 is 28.5 Å². The number of hydrogen-bond donors (Lipinski definition) is 2. The molecule has 0 bridgehead atoms. The van der Waals surface area contributed by atoms with Crippen LogP contribution in [0.3, 0.4) is 0 Å². The first kappa shape index (κ1) is 26.9. The monoisotopic (exact) mass is 404 g/mol. The van der Waals surface area contributed by atoms with E-state index in [1.54, 1.807) is 0 Å². The van der Waals surface area contributed by atoms with E-state index in [1.807, 2.05) is 20.8 Å². The molecule has 0 fully saturated rings. The van der Waals surface area contributed by atoms with Crippen molar-refractivity contribution in [2.24, 2.45) is 5.41 Å². The second-order valence-electron chi connectivity index (χ2n) is 8.53. The minimum absolute atomic E-state index is 0.0318. The fourth-order valence-electron chi connectivity index (χ4n) is 1.81. The van der Waals surface area contributed by atoms with Gasteiger partial charge in [-0.25, -0.2) is 0 Å². The third-order valence-corrected chi connectivity index (χ3v) is 3.52. The van der Waals surface area contributed by atoms with Crippen LogP contribution in [0.5, 0.6) is 0 Å². The Morgan fingerprint density at radius 1 is 0.679 bits per heavy atom. The van der Waals surface area contributed by atoms with Gasteiger partial charge in [0.1, 0.15) is 13.2 Å². The molecule has 0 spiro atoms. The number of rotatable bonds is 16. The summed E-state index contributed by atoms with van der Waals surface area (Å²) in [6.07, 6.45) is 0. The van der Waals surface area contributed by atoms with Crippen molar-refractivity contribution in [2.75, 3.05) is 65.9 Å². The van der Waals surface area contributed by atoms with E-state index in [4.69, 9.17) is 18.9 Å². The summed E-state index contributed by atoms with van der Waals surface area (Å²) in [5.74, 6) is -0.296. The molecule has 0 aliphatic rings. The van der Waals surface area contributed by atoms with Gasteiger partial charge in [0.25, 0.3) is 0 Å². The molecule has 0 heterocycles. The van der Waals surface area contributed by atoms with Crippen LogP contribution >= 0.6 is 0 Å². The number of nitrogens with one attached hydrogen (secondary N) is 2. The van der Waals surface area contributed by atoms with Crippen molar-refractivity contribution in [1.82, 2.24) is 10.6 Å². The van der Waals surface area contributed by atoms with Crippen LogP contribution in [0.25, 0.3) is 0 Å². The Morgan fingerprint density at radius 2 is 1.18 bits per heavy atom. The molecule has 0 atom stereocenters. The Kier molecular flexibility index (Phi) is 14.3. The maximum atomic E-state index is 11.7. The van der Waals surface area contributed by atoms with Crippen LogP contribution in [0, 0.1) is 5.41 Å². The topological polar surface area (TPSA) is 95.1 Å². The molecule has 0 unspecified atom stereocenters. The summed E-state index contributed by atoms with van der Waals surface area (Å²) in [5, 5.41) is 6.01. The molecular weight excluding hydrogens is 364 g/mol. The van der Waals surface area contributed by atoms with Gasteiger partial charge in [0.2, 0.25) is 5.91 Å². The summed E-state index contributed by atoms with van der Waals surface area (Å²) in [6.45, 7) is 15.9. The summed E-state index contributed by atoms with van der Waals surface area (Å²) >= 11 is 0. The number of carbonyl (C=O) groups is 2. The largest absolute Gasteiger partial charge is 0.378 e. The average Bonchev–Trinajstić information content (AvgIpc) is 2.57. The van der Waals surface area contributed by atoms with Crippen LogP contribution in [0.1, 0.15) is 41.5 Å². The SMILES string of the molecule is CC(C)(C)NCCOCCOCCOCCNC(=O)COCC(=O)C(C)(C)C. The maximum Gasteiger partial charge on any atom is 0.246 e. The number of ether oxygens (including phenoxy) is 4. The molecule has 0 aliphatic carbocycles. The van der Waals surface area contributed by atoms with E-state index in [-0.39, 0.29) is 30.4 Å². The lowest BCUT2D eigenvalue weighted by Crippen LogP contribution is -2.38. The fourth-order valence-corrected chi connectivity index (χ4v) is 1.81. The third-order valence-electron chi connectivity index (χ3n) is 3.52. The maximum absolute atomic E-state index is 11.7. The first-order chi connectivity index (χ1) is 13.0. The zero-order chi connectivity index (χ0) is 21.5. The summed E-state index contributed by atoms with van der Waals surface area (Å²) in [4.78, 5) is 23.2. The minimum Gasteiger partial charge on any atom is -0.378 e. The second-order valence-corrected chi connectivity index (χ2v) is 8.53. The Morgan fingerprint density at radius 3 is 1.68 bits per heavy atom. The Labute approximate surface area is 170 Å². The van der Waals surface area contributed by atoms with Crippen molar-refractivity contribution in [2.45, 2.75) is 47.1 Å². The average molecular weight is 405 g/mol. The highest BCUT2D eigenvalue weighted by molar-refractivity contribution is 5.85. The van der Waals surface area contributed by atoms with E-state index in [1.165, 1.54) is 0 Å². The molecule has 1 amide bonds. The van der Waals surface area contributed by atoms with Crippen molar-refractivity contribution in [1.29, 1.82) is 0 Å². The van der Waals surface area contributed by atoms with Crippen LogP contribution in [0.4, 0.5) is 0 Å². The molecule has 8 heteroatoms. The van der Waals surface area contributed by atoms with Crippen molar-refractivity contribution >= 4 is 11.7 Å². The van der Waals surface area contributed by atoms with Gasteiger partial charge in [-0.3, -0.25) is 9.59 Å². The standard InChI is InChI=1S/C20H40N2O6/c1-19(2,3)17(23)15-28-16-18(24)21-7-9-25-11-13-27-14-12-26-10-8-22-20(4,5)6/h22H,7-16H2,1-6H3,(H,21,24). The predicted octanol–water partition coefficient (Wildman–Crippen LogP) is 1.17. The van der Waals surface area contributed by atoms with Gasteiger partial charge < -0.3 is 29.6 Å². The van der Waals surface area contributed by atoms with E-state index >= 15 is 0 Å². The number of hydrogen-bond acceptors (Lipinski definition) is 7. The molecule has 0 saturated carbocycles. The second kappa shape index (κ2) is 14.9. The zero-order valence-corrected chi connectivity index (χ0v) is 18.5. The molecule has 8 nitrogen and oxygen atoms in total. The molecule has 28 heavy (non-hydrogen) atoms. The van der Waals surface area contributed by atoms with Crippen molar-refractivity contribution in [3.8, 4) is 0 Å². The molecular formula is C20H40N2O6. The smallest absolute Gasteiger partial charge is 0.246 e. The van der Waals surface area contributed by atoms with Gasteiger partial charge in [-0.2, -0.15) is 0 Å². The van der Waals surface area contributed by atoms with Gasteiger partial charge in [-0.1, -0.05) is 20.8 Å². The summed E-state index contributed by atoms with van der Waals surface area (Å²) < 4.78 is 21.3. The fraction of sp³-hybridized carbons (Fsp3) is 0.900. The van der Waals surface area contributed by atoms with Crippen LogP contribution in [0.2, 0.25) is 0 Å². The zero-order valence-electron chi connectivity index (χ0n) is 18.5. The van der Waals surface area contributed by atoms with Gasteiger partial charge >= 0.3 is 0 Å². The highest BCUT2D eigenvalue weighted by Crippen LogP contribution is 2.14. The van der Waals surface area contributed by atoms with Crippen LogP contribution in [0.15, 0.2) is 0 Å². The van der Waals surface area contributed by atoms with E-state index in [9.17, 15) is 9.59 Å². The lowest BCUT2D eigenvalue weighted by atomic mass is 9.91. The van der Waals surface area contributed by atoms with E-state index < -0.39 is 5.41 Å². The lowest BCUT2D eigenvalue weighted by molar-refractivity contribution is -0.134. The third kappa shape index (κ3) is 18.3. The molecule has 166 valence electrons. The molecule has 0 aromatic carbocycles. The summed E-state index contributed by atoms with van der Waals surface area (Å²) in [6, 6.07) is 0. The number of amides is 1. The molecule has 0 aromatic rings. The number of ketones is 1. The molecule has 0 saturated heterocycles. The number of Topliss-reactive ketones (excluding diaryl/α,β-unsaturated/α-hetero) is 1. The normalized spacial score (nSPS) is 12.2. The van der Waals surface area contributed by atoms with Gasteiger partial charge in [0.15, 0.2) is 5.78 Å². The van der Waals surface area contributed by atoms with E-state index in [2.05, 4.69) is 31.4 Å². The van der Waals surface area contributed by atoms with E-state index in [0.717, 1.165) is 6.54 Å². The summed E-state index contributed by atoms with van der Waals surface area (Å²) in [5.41, 5.74) is -0.350. The van der Waals surface area contributed by atoms with Crippen LogP contribution in [-0.4, -0.2) is 83.2 Å². The van der Waals surface area contributed by atoms with Gasteiger partial charge in [-0.15, -0.1) is 0 Å². The van der Waals surface area contributed by atoms with Crippen molar-refractivity contribution in [3.05, 3.63) is 0 Å². The first-order valence-electron chi connectivity index (χ1n) is 9.88. The molecule has 2 N–H and O–H groups in total. The van der Waals surface area contributed by atoms with Crippen LogP contribution < -0.4 is 10.6 Å². The van der Waals surface area contributed by atoms with Crippen LogP contribution in [-0.2, 0) is 28.5 Å². The highest BCUT2D eigenvalue weighted by Gasteiger charge is 2.21. The predicted molar refractivity (Wildman–Crippen MR) is 109 cm³/mol. The lowest BCUT2D eigenvalue weighted by Gasteiger charge is -2.20. The molecule has 0 rings (SSSR count). The Balaban J connectivity index is 3.33. The quantitative estimate of drug-likeness (QED) is 0.373. The Hall–Kier alpha value is -1.06. The Bertz CT molecular complexity index is 429. The van der Waals surface area contributed by atoms with Crippen molar-refractivity contribution in [3.63, 3.8) is 0 Å². The van der Waals surface area contributed by atoms with Gasteiger partial charge in [0, 0.05) is 24.0 Å². The van der Waals surface area contributed by atoms with Gasteiger partial charge in [0.05, 0.1) is 39.6 Å².